The maximum absolute atomic E-state index is 12.5. The monoisotopic (exact) mass is 400 g/mol. The number of aliphatic hydroxyl groups excluding tert-OH is 1. The highest BCUT2D eigenvalue weighted by Crippen LogP contribution is 2.33. The Labute approximate surface area is 167 Å². The van der Waals surface area contributed by atoms with Crippen molar-refractivity contribution in [2.24, 2.45) is 0 Å². The molecule has 0 bridgehead atoms. The maximum Gasteiger partial charge on any atom is 0.261 e. The SMILES string of the molecule is CC[C@H](O)CNC(=O)c1sc2ncnc(NCc3ccccc3OC)c2c1C. The van der Waals surface area contributed by atoms with Crippen LogP contribution in [0, 0.1) is 6.92 Å². The molecule has 0 radical (unpaired) electrons. The summed E-state index contributed by atoms with van der Waals surface area (Å²) in [4.78, 5) is 22.6. The fraction of sp³-hybridized carbons (Fsp3) is 0.350. The molecule has 0 aliphatic heterocycles. The van der Waals surface area contributed by atoms with Crippen LogP contribution in [0.15, 0.2) is 30.6 Å². The first-order valence-corrected chi connectivity index (χ1v) is 9.92. The number of para-hydroxylation sites is 1. The van der Waals surface area contributed by atoms with E-state index >= 15 is 0 Å². The normalized spacial score (nSPS) is 12.0. The van der Waals surface area contributed by atoms with Crippen molar-refractivity contribution in [3.05, 3.63) is 46.6 Å². The van der Waals surface area contributed by atoms with Crippen molar-refractivity contribution >= 4 is 33.3 Å². The van der Waals surface area contributed by atoms with Crippen molar-refractivity contribution in [3.8, 4) is 5.75 Å². The predicted molar refractivity (Wildman–Crippen MR) is 111 cm³/mol. The average molecular weight is 401 g/mol. The predicted octanol–water partition coefficient (Wildman–Crippen LogP) is 3.12. The second-order valence-corrected chi connectivity index (χ2v) is 7.40. The van der Waals surface area contributed by atoms with E-state index in [1.165, 1.54) is 17.7 Å². The van der Waals surface area contributed by atoms with Crippen molar-refractivity contribution in [1.29, 1.82) is 0 Å². The van der Waals surface area contributed by atoms with E-state index in [2.05, 4.69) is 20.6 Å². The summed E-state index contributed by atoms with van der Waals surface area (Å²) in [5.41, 5.74) is 1.84. The van der Waals surface area contributed by atoms with E-state index in [1.54, 1.807) is 7.11 Å². The van der Waals surface area contributed by atoms with Gasteiger partial charge in [0.2, 0.25) is 0 Å². The van der Waals surface area contributed by atoms with Gasteiger partial charge in [0.1, 0.15) is 22.7 Å². The first kappa shape index (κ1) is 20.0. The number of anilines is 1. The summed E-state index contributed by atoms with van der Waals surface area (Å²) < 4.78 is 5.39. The van der Waals surface area contributed by atoms with Crippen LogP contribution in [-0.2, 0) is 6.54 Å². The number of rotatable bonds is 8. The third-order valence-electron chi connectivity index (χ3n) is 4.54. The minimum atomic E-state index is -0.545. The number of thiophene rings is 1. The topological polar surface area (TPSA) is 96.4 Å². The van der Waals surface area contributed by atoms with E-state index in [1.807, 2.05) is 38.1 Å². The molecule has 0 fully saturated rings. The molecule has 0 unspecified atom stereocenters. The van der Waals surface area contributed by atoms with Gasteiger partial charge in [-0.05, 0) is 25.0 Å². The molecule has 7 nitrogen and oxygen atoms in total. The molecule has 28 heavy (non-hydrogen) atoms. The molecule has 148 valence electrons. The van der Waals surface area contributed by atoms with Crippen LogP contribution >= 0.6 is 11.3 Å². The summed E-state index contributed by atoms with van der Waals surface area (Å²) >= 11 is 1.33. The molecule has 0 saturated carbocycles. The number of carbonyl (C=O) groups is 1. The first-order chi connectivity index (χ1) is 13.5. The number of ether oxygens (including phenoxy) is 1. The van der Waals surface area contributed by atoms with Gasteiger partial charge in [-0.2, -0.15) is 0 Å². The zero-order valence-corrected chi connectivity index (χ0v) is 17.0. The van der Waals surface area contributed by atoms with Gasteiger partial charge in [-0.3, -0.25) is 4.79 Å². The molecule has 3 aromatic rings. The molecule has 0 aliphatic carbocycles. The van der Waals surface area contributed by atoms with Crippen LogP contribution < -0.4 is 15.4 Å². The van der Waals surface area contributed by atoms with Crippen molar-refractivity contribution in [2.75, 3.05) is 19.0 Å². The molecule has 3 rings (SSSR count). The Balaban J connectivity index is 1.84. The van der Waals surface area contributed by atoms with E-state index < -0.39 is 6.10 Å². The Morgan fingerprint density at radius 2 is 2.11 bits per heavy atom. The molecule has 1 amide bonds. The Morgan fingerprint density at radius 1 is 1.32 bits per heavy atom. The molecule has 2 aromatic heterocycles. The highest BCUT2D eigenvalue weighted by atomic mass is 32.1. The van der Waals surface area contributed by atoms with Crippen LogP contribution in [0.25, 0.3) is 10.2 Å². The molecular formula is C20H24N4O3S. The third-order valence-corrected chi connectivity index (χ3v) is 5.74. The second kappa shape index (κ2) is 8.99. The Morgan fingerprint density at radius 3 is 2.86 bits per heavy atom. The van der Waals surface area contributed by atoms with Gasteiger partial charge in [0.15, 0.2) is 0 Å². The van der Waals surface area contributed by atoms with E-state index in [-0.39, 0.29) is 12.5 Å². The quantitative estimate of drug-likeness (QED) is 0.538. The van der Waals surface area contributed by atoms with Crippen LogP contribution in [0.2, 0.25) is 0 Å². The van der Waals surface area contributed by atoms with Gasteiger partial charge in [-0.25, -0.2) is 9.97 Å². The number of benzene rings is 1. The van der Waals surface area contributed by atoms with Crippen molar-refractivity contribution < 1.29 is 14.6 Å². The fourth-order valence-electron chi connectivity index (χ4n) is 2.89. The smallest absolute Gasteiger partial charge is 0.261 e. The van der Waals surface area contributed by atoms with Gasteiger partial charge in [0.05, 0.1) is 23.5 Å². The standard InChI is InChI=1S/C20H24N4O3S/c1-4-14(25)10-22-19(26)17-12(2)16-18(23-11-24-20(16)28-17)21-9-13-7-5-6-8-15(13)27-3/h5-8,11,14,25H,4,9-10H2,1-3H3,(H,22,26)(H,21,23,24)/t14-/m0/s1. The lowest BCUT2D eigenvalue weighted by Crippen LogP contribution is -2.31. The number of methoxy groups -OCH3 is 1. The summed E-state index contributed by atoms with van der Waals surface area (Å²) in [6.45, 7) is 4.53. The lowest BCUT2D eigenvalue weighted by molar-refractivity contribution is 0.0917. The second-order valence-electron chi connectivity index (χ2n) is 6.40. The van der Waals surface area contributed by atoms with Gasteiger partial charge in [-0.1, -0.05) is 25.1 Å². The van der Waals surface area contributed by atoms with Gasteiger partial charge < -0.3 is 20.5 Å². The minimum Gasteiger partial charge on any atom is -0.496 e. The van der Waals surface area contributed by atoms with E-state index in [0.29, 0.717) is 23.7 Å². The zero-order valence-electron chi connectivity index (χ0n) is 16.2. The average Bonchev–Trinajstić information content (AvgIpc) is 3.07. The molecule has 2 heterocycles. The highest BCUT2D eigenvalue weighted by molar-refractivity contribution is 7.20. The molecule has 3 N–H and O–H groups in total. The Hall–Kier alpha value is -2.71. The van der Waals surface area contributed by atoms with Crippen molar-refractivity contribution in [3.63, 3.8) is 0 Å². The minimum absolute atomic E-state index is 0.205. The van der Waals surface area contributed by atoms with Crippen LogP contribution in [-0.4, -0.2) is 40.7 Å². The number of aromatic nitrogens is 2. The first-order valence-electron chi connectivity index (χ1n) is 9.11. The van der Waals surface area contributed by atoms with Crippen LogP contribution in [0.5, 0.6) is 5.75 Å². The van der Waals surface area contributed by atoms with Gasteiger partial charge in [-0.15, -0.1) is 11.3 Å². The maximum atomic E-state index is 12.5. The van der Waals surface area contributed by atoms with Crippen LogP contribution in [0.4, 0.5) is 5.82 Å². The summed E-state index contributed by atoms with van der Waals surface area (Å²) in [5.74, 6) is 1.28. The Kier molecular flexibility index (Phi) is 6.43. The van der Waals surface area contributed by atoms with Gasteiger partial charge in [0.25, 0.3) is 5.91 Å². The van der Waals surface area contributed by atoms with Crippen molar-refractivity contribution in [1.82, 2.24) is 15.3 Å². The number of hydrogen-bond acceptors (Lipinski definition) is 7. The summed E-state index contributed by atoms with van der Waals surface area (Å²) in [5, 5.41) is 16.6. The third kappa shape index (κ3) is 4.23. The summed E-state index contributed by atoms with van der Waals surface area (Å²) in [6.07, 6.45) is 1.54. The molecule has 8 heteroatoms. The lowest BCUT2D eigenvalue weighted by Gasteiger charge is -2.11. The van der Waals surface area contributed by atoms with Crippen LogP contribution in [0.1, 0.15) is 34.1 Å². The largest absolute Gasteiger partial charge is 0.496 e. The molecular weight excluding hydrogens is 376 g/mol. The number of carbonyl (C=O) groups excluding carboxylic acids is 1. The van der Waals surface area contributed by atoms with Gasteiger partial charge in [0, 0.05) is 18.7 Å². The summed E-state index contributed by atoms with van der Waals surface area (Å²) in [6, 6.07) is 7.78. The number of aryl methyl sites for hydroxylation is 1. The fourth-order valence-corrected chi connectivity index (χ4v) is 3.95. The van der Waals surface area contributed by atoms with Crippen molar-refractivity contribution in [2.45, 2.75) is 32.9 Å². The summed E-state index contributed by atoms with van der Waals surface area (Å²) in [7, 11) is 1.64. The molecule has 0 aliphatic rings. The Bertz CT molecular complexity index is 973. The van der Waals surface area contributed by atoms with E-state index in [9.17, 15) is 9.90 Å². The molecule has 1 aromatic carbocycles. The number of hydrogen-bond donors (Lipinski definition) is 3. The molecule has 0 saturated heterocycles. The highest BCUT2D eigenvalue weighted by Gasteiger charge is 2.19. The number of nitrogens with zero attached hydrogens (tertiary/aromatic N) is 2. The number of amides is 1. The number of nitrogens with one attached hydrogen (secondary N) is 2. The van der Waals surface area contributed by atoms with Gasteiger partial charge >= 0.3 is 0 Å². The lowest BCUT2D eigenvalue weighted by atomic mass is 10.1. The van der Waals surface area contributed by atoms with E-state index in [0.717, 1.165) is 27.1 Å². The number of fused-ring (bicyclic) bond motifs is 1. The van der Waals surface area contributed by atoms with Crippen LogP contribution in [0.3, 0.4) is 0 Å². The van der Waals surface area contributed by atoms with E-state index in [4.69, 9.17) is 4.74 Å². The molecule has 1 atom stereocenters. The number of aliphatic hydroxyl groups is 1. The molecule has 0 spiro atoms. The zero-order chi connectivity index (χ0) is 20.1.